The van der Waals surface area contributed by atoms with Crippen LogP contribution in [0.5, 0.6) is 0 Å². The molecule has 7 aromatic carbocycles. The normalized spacial score (nSPS) is 11.6. The van der Waals surface area contributed by atoms with Crippen molar-refractivity contribution in [1.82, 2.24) is 9.13 Å². The molecule has 0 saturated carbocycles. The standard InChI is InChI=1S/C44H24N4O/c45-25-29-14-13-27(21-30(29)26-46)28-15-19-43-37(22-28)38-24-32(17-20-44(38)49-43)48-41-12-6-3-9-35(41)36-23-31(16-18-42(36)48)47-39-10-4-1-7-33(39)34-8-2-5-11-40(34)47/h1-24H. The molecule has 0 aliphatic carbocycles. The second-order valence-corrected chi connectivity index (χ2v) is 12.4. The van der Waals surface area contributed by atoms with E-state index in [2.05, 4.69) is 130 Å². The summed E-state index contributed by atoms with van der Waals surface area (Å²) in [7, 11) is 0. The van der Waals surface area contributed by atoms with E-state index in [1.807, 2.05) is 24.3 Å². The zero-order chi connectivity index (χ0) is 32.6. The highest BCUT2D eigenvalue weighted by atomic mass is 16.3. The largest absolute Gasteiger partial charge is 0.456 e. The number of para-hydroxylation sites is 3. The quantitative estimate of drug-likeness (QED) is 0.196. The van der Waals surface area contributed by atoms with Gasteiger partial charge in [-0.25, -0.2) is 0 Å². The van der Waals surface area contributed by atoms with E-state index in [1.165, 1.54) is 32.6 Å². The smallest absolute Gasteiger partial charge is 0.135 e. The predicted molar refractivity (Wildman–Crippen MR) is 197 cm³/mol. The van der Waals surface area contributed by atoms with Crippen LogP contribution in [0.4, 0.5) is 0 Å². The molecule has 0 unspecified atom stereocenters. The summed E-state index contributed by atoms with van der Waals surface area (Å²) in [6.07, 6.45) is 0. The van der Waals surface area contributed by atoms with Gasteiger partial charge in [0.05, 0.1) is 33.2 Å². The molecule has 5 nitrogen and oxygen atoms in total. The first-order chi connectivity index (χ1) is 24.2. The van der Waals surface area contributed by atoms with E-state index in [0.717, 1.165) is 55.5 Å². The van der Waals surface area contributed by atoms with Crippen molar-refractivity contribution in [3.05, 3.63) is 157 Å². The lowest BCUT2D eigenvalue weighted by atomic mass is 9.98. The molecule has 0 radical (unpaired) electrons. The Morgan fingerprint density at radius 1 is 0.388 bits per heavy atom. The van der Waals surface area contributed by atoms with Gasteiger partial charge in [0.15, 0.2) is 0 Å². The first-order valence-corrected chi connectivity index (χ1v) is 16.1. The molecule has 10 rings (SSSR count). The second-order valence-electron chi connectivity index (χ2n) is 12.4. The van der Waals surface area contributed by atoms with E-state index >= 15 is 0 Å². The van der Waals surface area contributed by atoms with Crippen molar-refractivity contribution in [2.75, 3.05) is 0 Å². The van der Waals surface area contributed by atoms with Crippen molar-refractivity contribution in [3.8, 4) is 34.6 Å². The molecule has 10 aromatic rings. The Morgan fingerprint density at radius 2 is 0.857 bits per heavy atom. The van der Waals surface area contributed by atoms with E-state index in [4.69, 9.17) is 4.42 Å². The predicted octanol–water partition coefficient (Wildman–Crippen LogP) is 11.2. The van der Waals surface area contributed by atoms with Crippen LogP contribution >= 0.6 is 0 Å². The average Bonchev–Trinajstić information content (AvgIpc) is 3.81. The van der Waals surface area contributed by atoms with Gasteiger partial charge in [0.2, 0.25) is 0 Å². The molecular formula is C44H24N4O. The number of nitrogens with zero attached hydrogens (tertiary/aromatic N) is 4. The van der Waals surface area contributed by atoms with Gasteiger partial charge >= 0.3 is 0 Å². The summed E-state index contributed by atoms with van der Waals surface area (Å²) in [6, 6.07) is 54.7. The first-order valence-electron chi connectivity index (χ1n) is 16.1. The van der Waals surface area contributed by atoms with Gasteiger partial charge in [0.25, 0.3) is 0 Å². The Morgan fingerprint density at radius 3 is 1.49 bits per heavy atom. The monoisotopic (exact) mass is 624 g/mol. The molecule has 0 atom stereocenters. The molecule has 0 N–H and O–H groups in total. The lowest BCUT2D eigenvalue weighted by molar-refractivity contribution is 0.669. The fourth-order valence-electron chi connectivity index (χ4n) is 7.58. The summed E-state index contributed by atoms with van der Waals surface area (Å²) in [5.41, 5.74) is 11.0. The molecule has 0 fully saturated rings. The Bertz CT molecular complexity index is 3030. The maximum absolute atomic E-state index is 9.60. The fraction of sp³-hybridized carbons (Fsp3) is 0. The highest BCUT2D eigenvalue weighted by molar-refractivity contribution is 6.13. The third kappa shape index (κ3) is 3.91. The molecule has 3 aromatic heterocycles. The van der Waals surface area contributed by atoms with Gasteiger partial charge < -0.3 is 13.6 Å². The maximum Gasteiger partial charge on any atom is 0.135 e. The van der Waals surface area contributed by atoms with Crippen molar-refractivity contribution < 1.29 is 4.42 Å². The van der Waals surface area contributed by atoms with E-state index in [9.17, 15) is 10.5 Å². The van der Waals surface area contributed by atoms with Crippen LogP contribution in [0.25, 0.3) is 88.1 Å². The molecule has 0 saturated heterocycles. The zero-order valence-corrected chi connectivity index (χ0v) is 26.1. The molecule has 0 amide bonds. The van der Waals surface area contributed by atoms with Crippen LogP contribution in [-0.2, 0) is 0 Å². The lowest BCUT2D eigenvalue weighted by Gasteiger charge is -2.10. The zero-order valence-electron chi connectivity index (χ0n) is 26.1. The van der Waals surface area contributed by atoms with E-state index in [-0.39, 0.29) is 0 Å². The average molecular weight is 625 g/mol. The van der Waals surface area contributed by atoms with Gasteiger partial charge in [-0.2, -0.15) is 10.5 Å². The number of benzene rings is 7. The molecule has 226 valence electrons. The van der Waals surface area contributed by atoms with Crippen LogP contribution in [0.2, 0.25) is 0 Å². The molecule has 0 aliphatic heterocycles. The Hall–Kier alpha value is -7.08. The maximum atomic E-state index is 9.60. The Kier molecular flexibility index (Phi) is 5.64. The number of fused-ring (bicyclic) bond motifs is 9. The van der Waals surface area contributed by atoms with Crippen molar-refractivity contribution in [2.45, 2.75) is 0 Å². The van der Waals surface area contributed by atoms with Crippen molar-refractivity contribution in [3.63, 3.8) is 0 Å². The number of nitriles is 2. The summed E-state index contributed by atoms with van der Waals surface area (Å²) >= 11 is 0. The molecule has 0 bridgehead atoms. The van der Waals surface area contributed by atoms with Crippen LogP contribution in [0.15, 0.2) is 150 Å². The summed E-state index contributed by atoms with van der Waals surface area (Å²) < 4.78 is 11.0. The van der Waals surface area contributed by atoms with Crippen LogP contribution in [0.1, 0.15) is 11.1 Å². The highest BCUT2D eigenvalue weighted by Crippen LogP contribution is 2.39. The van der Waals surface area contributed by atoms with E-state index < -0.39 is 0 Å². The summed E-state index contributed by atoms with van der Waals surface area (Å²) in [6.45, 7) is 0. The van der Waals surface area contributed by atoms with Gasteiger partial charge in [-0.1, -0.05) is 66.7 Å². The van der Waals surface area contributed by atoms with Crippen molar-refractivity contribution >= 4 is 65.6 Å². The van der Waals surface area contributed by atoms with E-state index in [1.54, 1.807) is 12.1 Å². The van der Waals surface area contributed by atoms with Crippen LogP contribution in [-0.4, -0.2) is 9.13 Å². The third-order valence-corrected chi connectivity index (χ3v) is 9.80. The third-order valence-electron chi connectivity index (χ3n) is 9.80. The van der Waals surface area contributed by atoms with Crippen LogP contribution < -0.4 is 0 Å². The molecule has 5 heteroatoms. The first kappa shape index (κ1) is 27.1. The number of rotatable bonds is 3. The minimum atomic E-state index is 0.368. The van der Waals surface area contributed by atoms with E-state index in [0.29, 0.717) is 11.1 Å². The Balaban J connectivity index is 1.17. The topological polar surface area (TPSA) is 70.6 Å². The van der Waals surface area contributed by atoms with Gasteiger partial charge in [-0.05, 0) is 90.0 Å². The van der Waals surface area contributed by atoms with Crippen molar-refractivity contribution in [2.24, 2.45) is 0 Å². The van der Waals surface area contributed by atoms with Gasteiger partial charge in [0.1, 0.15) is 23.3 Å². The van der Waals surface area contributed by atoms with Gasteiger partial charge in [-0.3, -0.25) is 0 Å². The minimum Gasteiger partial charge on any atom is -0.456 e. The summed E-state index contributed by atoms with van der Waals surface area (Å²) in [5.74, 6) is 0. The van der Waals surface area contributed by atoms with Crippen molar-refractivity contribution in [1.29, 1.82) is 10.5 Å². The fourth-order valence-corrected chi connectivity index (χ4v) is 7.58. The molecular weight excluding hydrogens is 601 g/mol. The number of aromatic nitrogens is 2. The molecule has 49 heavy (non-hydrogen) atoms. The molecule has 0 aliphatic rings. The molecule has 0 spiro atoms. The van der Waals surface area contributed by atoms with Crippen LogP contribution in [0.3, 0.4) is 0 Å². The summed E-state index contributed by atoms with van der Waals surface area (Å²) in [4.78, 5) is 0. The van der Waals surface area contributed by atoms with Gasteiger partial charge in [-0.15, -0.1) is 0 Å². The van der Waals surface area contributed by atoms with Gasteiger partial charge in [0, 0.05) is 43.7 Å². The minimum absolute atomic E-state index is 0.368. The van der Waals surface area contributed by atoms with Crippen LogP contribution in [0, 0.1) is 22.7 Å². The lowest BCUT2D eigenvalue weighted by Crippen LogP contribution is -1.95. The number of hydrogen-bond acceptors (Lipinski definition) is 3. The highest BCUT2D eigenvalue weighted by Gasteiger charge is 2.18. The molecule has 3 heterocycles. The second kappa shape index (κ2) is 10.2. The number of hydrogen-bond donors (Lipinski definition) is 0. The summed E-state index contributed by atoms with van der Waals surface area (Å²) in [5, 5.41) is 25.9. The SMILES string of the molecule is N#Cc1ccc(-c2ccc3oc4ccc(-n5c6ccccc6c6cc(-n7c8ccccc8c8ccccc87)ccc65)cc4c3c2)cc1C#N. The number of furan rings is 1. The Labute approximate surface area is 280 Å².